The summed E-state index contributed by atoms with van der Waals surface area (Å²) >= 11 is 1.99. The molecule has 104 valence electrons. The number of nitrogens with zero attached hydrogens (tertiary/aromatic N) is 3. The van der Waals surface area contributed by atoms with Gasteiger partial charge in [-0.25, -0.2) is 0 Å². The topological polar surface area (TPSA) is 54.1 Å². The number of rotatable bonds is 3. The Balaban J connectivity index is 1.72. The first-order chi connectivity index (χ1) is 8.77. The predicted molar refractivity (Wildman–Crippen MR) is 77.2 cm³/mol. The molecule has 0 saturated carbocycles. The molecule has 2 aliphatic rings. The Morgan fingerprint density at radius 2 is 2.17 bits per heavy atom. The SMILES string of the molecule is CC1COCCN1CCN=C(N)N1CCSCC1. The molecule has 0 aliphatic carbocycles. The number of ether oxygens (including phenoxy) is 1. The van der Waals surface area contributed by atoms with Gasteiger partial charge in [-0.15, -0.1) is 0 Å². The largest absolute Gasteiger partial charge is 0.379 e. The van der Waals surface area contributed by atoms with Crippen LogP contribution in [0.15, 0.2) is 4.99 Å². The van der Waals surface area contributed by atoms with Crippen LogP contribution in [0.4, 0.5) is 0 Å². The van der Waals surface area contributed by atoms with E-state index >= 15 is 0 Å². The van der Waals surface area contributed by atoms with Crippen LogP contribution >= 0.6 is 11.8 Å². The van der Waals surface area contributed by atoms with Crippen LogP contribution in [0.3, 0.4) is 0 Å². The molecule has 0 spiro atoms. The van der Waals surface area contributed by atoms with E-state index in [-0.39, 0.29) is 0 Å². The Hall–Kier alpha value is -0.460. The van der Waals surface area contributed by atoms with E-state index in [1.165, 1.54) is 0 Å². The zero-order valence-corrected chi connectivity index (χ0v) is 12.0. The fourth-order valence-electron chi connectivity index (χ4n) is 2.28. The Morgan fingerprint density at radius 1 is 1.39 bits per heavy atom. The average molecular weight is 272 g/mol. The van der Waals surface area contributed by atoms with Crippen molar-refractivity contribution in [1.82, 2.24) is 9.80 Å². The van der Waals surface area contributed by atoms with Gasteiger partial charge in [0.2, 0.25) is 0 Å². The van der Waals surface area contributed by atoms with E-state index < -0.39 is 0 Å². The van der Waals surface area contributed by atoms with Gasteiger partial charge in [0.05, 0.1) is 19.8 Å². The second kappa shape index (κ2) is 7.21. The summed E-state index contributed by atoms with van der Waals surface area (Å²) in [5.74, 6) is 3.05. The van der Waals surface area contributed by atoms with Gasteiger partial charge < -0.3 is 15.4 Å². The number of hydrogen-bond donors (Lipinski definition) is 1. The van der Waals surface area contributed by atoms with E-state index in [0.717, 1.165) is 63.4 Å². The van der Waals surface area contributed by atoms with Gasteiger partial charge in [0.25, 0.3) is 0 Å². The number of morpholine rings is 1. The van der Waals surface area contributed by atoms with Crippen molar-refractivity contribution in [2.75, 3.05) is 57.4 Å². The first kappa shape index (κ1) is 14.0. The third kappa shape index (κ3) is 4.03. The molecule has 1 unspecified atom stereocenters. The molecule has 2 aliphatic heterocycles. The maximum Gasteiger partial charge on any atom is 0.191 e. The molecule has 0 aromatic heterocycles. The molecular formula is C12H24N4OS. The maximum absolute atomic E-state index is 6.02. The van der Waals surface area contributed by atoms with Crippen molar-refractivity contribution in [3.8, 4) is 0 Å². The highest BCUT2D eigenvalue weighted by Gasteiger charge is 2.18. The van der Waals surface area contributed by atoms with Crippen molar-refractivity contribution in [3.05, 3.63) is 0 Å². The van der Waals surface area contributed by atoms with Crippen LogP contribution in [0.5, 0.6) is 0 Å². The normalized spacial score (nSPS) is 27.5. The van der Waals surface area contributed by atoms with Crippen LogP contribution in [0.1, 0.15) is 6.92 Å². The third-order valence-corrected chi connectivity index (χ3v) is 4.44. The molecule has 0 bridgehead atoms. The average Bonchev–Trinajstić information content (AvgIpc) is 2.42. The minimum atomic E-state index is 0.501. The van der Waals surface area contributed by atoms with Crippen LogP contribution < -0.4 is 5.73 Å². The highest BCUT2D eigenvalue weighted by Crippen LogP contribution is 2.09. The zero-order chi connectivity index (χ0) is 12.8. The second-order valence-corrected chi connectivity index (χ2v) is 6.02. The van der Waals surface area contributed by atoms with Crippen LogP contribution in [-0.2, 0) is 4.74 Å². The molecule has 2 fully saturated rings. The van der Waals surface area contributed by atoms with Gasteiger partial charge >= 0.3 is 0 Å². The lowest BCUT2D eigenvalue weighted by molar-refractivity contribution is 0.00140. The Labute approximate surface area is 114 Å². The minimum absolute atomic E-state index is 0.501. The first-order valence-corrected chi connectivity index (χ1v) is 7.87. The highest BCUT2D eigenvalue weighted by molar-refractivity contribution is 7.99. The number of guanidine groups is 1. The van der Waals surface area contributed by atoms with Gasteiger partial charge in [0.1, 0.15) is 0 Å². The van der Waals surface area contributed by atoms with Crippen molar-refractivity contribution in [2.24, 2.45) is 10.7 Å². The number of aliphatic imine (C=N–C) groups is 1. The Kier molecular flexibility index (Phi) is 5.59. The molecular weight excluding hydrogens is 248 g/mol. The minimum Gasteiger partial charge on any atom is -0.379 e. The van der Waals surface area contributed by atoms with Crippen LogP contribution in [-0.4, -0.2) is 79.2 Å². The van der Waals surface area contributed by atoms with Crippen molar-refractivity contribution < 1.29 is 4.74 Å². The molecule has 18 heavy (non-hydrogen) atoms. The second-order valence-electron chi connectivity index (χ2n) is 4.80. The molecule has 2 N–H and O–H groups in total. The van der Waals surface area contributed by atoms with Crippen molar-refractivity contribution in [2.45, 2.75) is 13.0 Å². The van der Waals surface area contributed by atoms with Gasteiger partial charge in [-0.05, 0) is 6.92 Å². The number of hydrogen-bond acceptors (Lipinski definition) is 4. The quantitative estimate of drug-likeness (QED) is 0.582. The van der Waals surface area contributed by atoms with Gasteiger partial charge in [-0.1, -0.05) is 0 Å². The Bertz CT molecular complexity index is 281. The summed E-state index contributed by atoms with van der Waals surface area (Å²) < 4.78 is 5.42. The van der Waals surface area contributed by atoms with E-state index in [2.05, 4.69) is 21.7 Å². The lowest BCUT2D eigenvalue weighted by Crippen LogP contribution is -2.45. The molecule has 2 saturated heterocycles. The molecule has 6 heteroatoms. The summed E-state index contributed by atoms with van der Waals surface area (Å²) in [6.07, 6.45) is 0. The fourth-order valence-corrected chi connectivity index (χ4v) is 3.18. The third-order valence-electron chi connectivity index (χ3n) is 3.50. The maximum atomic E-state index is 6.02. The molecule has 0 aromatic rings. The van der Waals surface area contributed by atoms with Gasteiger partial charge in [0, 0.05) is 43.7 Å². The summed E-state index contributed by atoms with van der Waals surface area (Å²) in [6, 6.07) is 0.501. The van der Waals surface area contributed by atoms with Crippen LogP contribution in [0.25, 0.3) is 0 Å². The lowest BCUT2D eigenvalue weighted by atomic mass is 10.2. The van der Waals surface area contributed by atoms with Gasteiger partial charge in [-0.3, -0.25) is 9.89 Å². The molecule has 5 nitrogen and oxygen atoms in total. The van der Waals surface area contributed by atoms with Crippen LogP contribution in [0.2, 0.25) is 0 Å². The first-order valence-electron chi connectivity index (χ1n) is 6.72. The van der Waals surface area contributed by atoms with Gasteiger partial charge in [-0.2, -0.15) is 11.8 Å². The number of nitrogens with two attached hydrogens (primary N) is 1. The number of thioether (sulfide) groups is 1. The van der Waals surface area contributed by atoms with E-state index in [1.807, 2.05) is 11.8 Å². The van der Waals surface area contributed by atoms with Crippen LogP contribution in [0, 0.1) is 0 Å². The van der Waals surface area contributed by atoms with Crippen molar-refractivity contribution in [1.29, 1.82) is 0 Å². The summed E-state index contributed by atoms with van der Waals surface area (Å²) in [4.78, 5) is 9.12. The lowest BCUT2D eigenvalue weighted by Gasteiger charge is -2.33. The molecule has 2 rings (SSSR count). The van der Waals surface area contributed by atoms with Crippen molar-refractivity contribution >= 4 is 17.7 Å². The van der Waals surface area contributed by atoms with Gasteiger partial charge in [0.15, 0.2) is 5.96 Å². The van der Waals surface area contributed by atoms with E-state index in [0.29, 0.717) is 6.04 Å². The zero-order valence-electron chi connectivity index (χ0n) is 11.2. The predicted octanol–water partition coefficient (Wildman–Crippen LogP) is 0.0706. The smallest absolute Gasteiger partial charge is 0.191 e. The van der Waals surface area contributed by atoms with E-state index in [1.54, 1.807) is 0 Å². The molecule has 0 radical (unpaired) electrons. The van der Waals surface area contributed by atoms with E-state index in [9.17, 15) is 0 Å². The molecule has 0 aromatic carbocycles. The monoisotopic (exact) mass is 272 g/mol. The van der Waals surface area contributed by atoms with Crippen molar-refractivity contribution in [3.63, 3.8) is 0 Å². The highest BCUT2D eigenvalue weighted by atomic mass is 32.2. The summed E-state index contributed by atoms with van der Waals surface area (Å²) in [7, 11) is 0. The van der Waals surface area contributed by atoms with E-state index in [4.69, 9.17) is 10.5 Å². The Morgan fingerprint density at radius 3 is 2.89 bits per heavy atom. The molecule has 0 amide bonds. The standard InChI is InChI=1S/C12H24N4OS/c1-11-10-17-7-4-15(11)3-2-14-12(13)16-5-8-18-9-6-16/h11H,2-10H2,1H3,(H2,13,14). The summed E-state index contributed by atoms with van der Waals surface area (Å²) in [5, 5.41) is 0. The summed E-state index contributed by atoms with van der Waals surface area (Å²) in [6.45, 7) is 8.73. The molecule has 1 atom stereocenters. The molecule has 2 heterocycles. The fraction of sp³-hybridized carbons (Fsp3) is 0.917. The summed E-state index contributed by atoms with van der Waals surface area (Å²) in [5.41, 5.74) is 6.02.